The van der Waals surface area contributed by atoms with Gasteiger partial charge in [-0.25, -0.2) is 9.67 Å². The topological polar surface area (TPSA) is 86.9 Å². The van der Waals surface area contributed by atoms with E-state index in [1.165, 1.54) is 0 Å². The lowest BCUT2D eigenvalue weighted by molar-refractivity contribution is 0.102. The van der Waals surface area contributed by atoms with Gasteiger partial charge in [-0.05, 0) is 39.7 Å². The van der Waals surface area contributed by atoms with Crippen molar-refractivity contribution in [2.75, 3.05) is 19.0 Å². The number of amides is 1. The maximum absolute atomic E-state index is 13.2. The van der Waals surface area contributed by atoms with E-state index in [-0.39, 0.29) is 17.4 Å². The van der Waals surface area contributed by atoms with Crippen molar-refractivity contribution in [1.82, 2.24) is 24.5 Å². The van der Waals surface area contributed by atoms with Crippen LogP contribution in [-0.4, -0.2) is 44.2 Å². The van der Waals surface area contributed by atoms with Crippen LogP contribution < -0.4 is 5.32 Å². The number of fused-ring (bicyclic) bond motifs is 1. The van der Waals surface area contributed by atoms with Crippen LogP contribution in [-0.2, 0) is 16.8 Å². The number of carbonyl (C=O) groups excluding carboxylic acids is 1. The minimum Gasteiger partial charge on any atom is -0.383 e. The number of anilines is 1. The molecule has 3 rings (SSSR count). The quantitative estimate of drug-likeness (QED) is 0.684. The molecule has 0 saturated carbocycles. The van der Waals surface area contributed by atoms with Gasteiger partial charge in [-0.2, -0.15) is 10.2 Å². The Morgan fingerprint density at radius 3 is 2.66 bits per heavy atom. The molecule has 3 heterocycles. The van der Waals surface area contributed by atoms with Gasteiger partial charge in [0.15, 0.2) is 5.65 Å². The summed E-state index contributed by atoms with van der Waals surface area (Å²) in [5.74, 6) is -0.00600. The molecule has 0 aliphatic heterocycles. The van der Waals surface area contributed by atoms with Gasteiger partial charge in [-0.3, -0.25) is 9.48 Å². The van der Waals surface area contributed by atoms with Crippen LogP contribution in [0.5, 0.6) is 0 Å². The van der Waals surface area contributed by atoms with Gasteiger partial charge in [-0.15, -0.1) is 0 Å². The van der Waals surface area contributed by atoms with Gasteiger partial charge < -0.3 is 10.1 Å². The first kappa shape index (κ1) is 21.0. The van der Waals surface area contributed by atoms with Gasteiger partial charge in [0.1, 0.15) is 0 Å². The van der Waals surface area contributed by atoms with E-state index in [2.05, 4.69) is 45.0 Å². The van der Waals surface area contributed by atoms with Crippen molar-refractivity contribution in [3.05, 3.63) is 35.4 Å². The van der Waals surface area contributed by atoms with Crippen molar-refractivity contribution in [2.45, 2.75) is 59.5 Å². The molecule has 29 heavy (non-hydrogen) atoms. The Balaban J connectivity index is 2.04. The minimum absolute atomic E-state index is 0.186. The first-order chi connectivity index (χ1) is 13.6. The largest absolute Gasteiger partial charge is 0.383 e. The number of methoxy groups -OCH3 is 1. The van der Waals surface area contributed by atoms with Crippen LogP contribution in [0.15, 0.2) is 18.5 Å². The number of hydrogen-bond acceptors (Lipinski definition) is 5. The molecule has 3 aromatic heterocycles. The van der Waals surface area contributed by atoms with Crippen LogP contribution in [0.25, 0.3) is 11.0 Å². The van der Waals surface area contributed by atoms with Gasteiger partial charge in [0.25, 0.3) is 5.91 Å². The molecule has 0 aromatic carbocycles. The number of aryl methyl sites for hydroxylation is 1. The molecular weight excluding hydrogens is 368 g/mol. The summed E-state index contributed by atoms with van der Waals surface area (Å²) >= 11 is 0. The minimum atomic E-state index is -0.245. The van der Waals surface area contributed by atoms with Crippen molar-refractivity contribution in [2.24, 2.45) is 0 Å². The molecule has 0 aliphatic carbocycles. The fraction of sp³-hybridized carbons (Fsp3) is 0.524. The Bertz CT molecular complexity index is 1030. The third kappa shape index (κ3) is 4.32. The van der Waals surface area contributed by atoms with Crippen LogP contribution >= 0.6 is 0 Å². The predicted molar refractivity (Wildman–Crippen MR) is 113 cm³/mol. The summed E-state index contributed by atoms with van der Waals surface area (Å²) in [6.45, 7) is 13.5. The lowest BCUT2D eigenvalue weighted by Crippen LogP contribution is -2.24. The molecule has 0 aliphatic rings. The number of carbonyl (C=O) groups is 1. The molecule has 0 bridgehead atoms. The van der Waals surface area contributed by atoms with E-state index in [9.17, 15) is 4.79 Å². The van der Waals surface area contributed by atoms with Crippen molar-refractivity contribution in [1.29, 1.82) is 0 Å². The molecule has 0 spiro atoms. The molecule has 1 N–H and O–H groups in total. The zero-order valence-corrected chi connectivity index (χ0v) is 18.3. The molecule has 0 fully saturated rings. The fourth-order valence-corrected chi connectivity index (χ4v) is 3.18. The molecule has 8 heteroatoms. The molecule has 0 saturated heterocycles. The number of nitrogens with one attached hydrogen (secondary N) is 1. The first-order valence-electron chi connectivity index (χ1n) is 9.85. The third-order valence-electron chi connectivity index (χ3n) is 4.72. The summed E-state index contributed by atoms with van der Waals surface area (Å²) in [5, 5.41) is 12.7. The normalized spacial score (nSPS) is 12.1. The van der Waals surface area contributed by atoms with E-state index in [1.54, 1.807) is 24.2 Å². The van der Waals surface area contributed by atoms with Crippen LogP contribution in [0.1, 0.15) is 62.3 Å². The van der Waals surface area contributed by atoms with E-state index >= 15 is 0 Å². The van der Waals surface area contributed by atoms with E-state index in [0.717, 1.165) is 22.4 Å². The number of aromatic nitrogens is 5. The van der Waals surface area contributed by atoms with E-state index < -0.39 is 0 Å². The Morgan fingerprint density at radius 1 is 1.31 bits per heavy atom. The number of rotatable bonds is 6. The second kappa shape index (κ2) is 7.94. The summed E-state index contributed by atoms with van der Waals surface area (Å²) in [4.78, 5) is 18.0. The van der Waals surface area contributed by atoms with Crippen molar-refractivity contribution < 1.29 is 9.53 Å². The summed E-state index contributed by atoms with van der Waals surface area (Å²) < 4.78 is 8.71. The van der Waals surface area contributed by atoms with Crippen molar-refractivity contribution >= 4 is 22.6 Å². The predicted octanol–water partition coefficient (Wildman–Crippen LogP) is 3.71. The molecule has 156 valence electrons. The van der Waals surface area contributed by atoms with Crippen LogP contribution in [0.4, 0.5) is 5.69 Å². The molecule has 8 nitrogen and oxygen atoms in total. The van der Waals surface area contributed by atoms with Gasteiger partial charge in [-0.1, -0.05) is 13.8 Å². The summed E-state index contributed by atoms with van der Waals surface area (Å²) in [7, 11) is 1.65. The lowest BCUT2D eigenvalue weighted by atomic mass is 10.0. The molecular formula is C21H30N6O2. The van der Waals surface area contributed by atoms with Crippen LogP contribution in [0.2, 0.25) is 0 Å². The maximum atomic E-state index is 13.2. The molecule has 3 aromatic rings. The molecule has 1 amide bonds. The summed E-state index contributed by atoms with van der Waals surface area (Å²) in [5.41, 5.74) is 3.37. The molecule has 0 atom stereocenters. The summed E-state index contributed by atoms with van der Waals surface area (Å²) in [6.07, 6.45) is 3.44. The maximum Gasteiger partial charge on any atom is 0.256 e. The van der Waals surface area contributed by atoms with Crippen molar-refractivity contribution in [3.63, 3.8) is 0 Å². The lowest BCUT2D eigenvalue weighted by Gasteiger charge is -2.20. The third-order valence-corrected chi connectivity index (χ3v) is 4.72. The van der Waals surface area contributed by atoms with E-state index in [0.29, 0.717) is 24.4 Å². The second-order valence-corrected chi connectivity index (χ2v) is 8.56. The smallest absolute Gasteiger partial charge is 0.256 e. The van der Waals surface area contributed by atoms with E-state index in [4.69, 9.17) is 14.8 Å². The number of nitrogens with zero attached hydrogens (tertiary/aromatic N) is 5. The zero-order valence-electron chi connectivity index (χ0n) is 18.3. The van der Waals surface area contributed by atoms with Crippen LogP contribution in [0, 0.1) is 6.92 Å². The van der Waals surface area contributed by atoms with Gasteiger partial charge in [0, 0.05) is 19.0 Å². The van der Waals surface area contributed by atoms with Gasteiger partial charge >= 0.3 is 0 Å². The molecule has 0 radical (unpaired) electrons. The zero-order chi connectivity index (χ0) is 21.3. The Kier molecular flexibility index (Phi) is 5.75. The average molecular weight is 399 g/mol. The van der Waals surface area contributed by atoms with Crippen molar-refractivity contribution in [3.8, 4) is 0 Å². The highest BCUT2D eigenvalue weighted by atomic mass is 16.5. The SMILES string of the molecule is COCCn1cc(NC(=O)c2cc(C(C)C)nc3c2c(C)nn3C(C)(C)C)cn1. The molecule has 0 unspecified atom stereocenters. The number of ether oxygens (including phenoxy) is 1. The number of pyridine rings is 1. The average Bonchev–Trinajstić information content (AvgIpc) is 3.23. The van der Waals surface area contributed by atoms with Crippen LogP contribution in [0.3, 0.4) is 0 Å². The number of hydrogen-bond donors (Lipinski definition) is 1. The second-order valence-electron chi connectivity index (χ2n) is 8.56. The Morgan fingerprint density at radius 2 is 2.03 bits per heavy atom. The first-order valence-corrected chi connectivity index (χ1v) is 9.85. The van der Waals surface area contributed by atoms with Gasteiger partial charge in [0.05, 0.1) is 47.2 Å². The standard InChI is InChI=1S/C21H30N6O2/c1-13(2)17-10-16(18-14(3)25-27(19(18)24-17)21(4,5)6)20(28)23-15-11-22-26(12-15)8-9-29-7/h10-13H,8-9H2,1-7H3,(H,23,28). The van der Waals surface area contributed by atoms with Gasteiger partial charge in [0.2, 0.25) is 0 Å². The van der Waals surface area contributed by atoms with E-state index in [1.807, 2.05) is 17.7 Å². The Labute approximate surface area is 171 Å². The fourth-order valence-electron chi connectivity index (χ4n) is 3.18. The highest BCUT2D eigenvalue weighted by Gasteiger charge is 2.25. The Hall–Kier alpha value is -2.74. The highest BCUT2D eigenvalue weighted by molar-refractivity contribution is 6.12. The summed E-state index contributed by atoms with van der Waals surface area (Å²) in [6, 6.07) is 1.87. The monoisotopic (exact) mass is 398 g/mol. The highest BCUT2D eigenvalue weighted by Crippen LogP contribution is 2.29.